The number of ether oxygens (including phenoxy) is 2. The van der Waals surface area contributed by atoms with Crippen LogP contribution in [0.5, 0.6) is 5.75 Å². The van der Waals surface area contributed by atoms with E-state index in [9.17, 15) is 18.0 Å². The monoisotopic (exact) mass is 604 g/mol. The number of hydrogen-bond donors (Lipinski definition) is 3. The predicted molar refractivity (Wildman–Crippen MR) is 160 cm³/mol. The van der Waals surface area contributed by atoms with Crippen molar-refractivity contribution in [2.45, 2.75) is 103 Å². The summed E-state index contributed by atoms with van der Waals surface area (Å²) < 4.78 is 42.4. The minimum absolute atomic E-state index is 0.110. The lowest BCUT2D eigenvalue weighted by molar-refractivity contribution is 0.0487. The van der Waals surface area contributed by atoms with Crippen LogP contribution in [-0.2, 0) is 28.2 Å². The van der Waals surface area contributed by atoms with Crippen LogP contribution in [0, 0.1) is 20.8 Å². The number of ketones is 1. The van der Waals surface area contributed by atoms with Crippen molar-refractivity contribution >= 4 is 27.9 Å². The molecular weight excluding hydrogens is 560 g/mol. The maximum atomic E-state index is 13.5. The van der Waals surface area contributed by atoms with E-state index in [1.54, 1.807) is 52.4 Å². The topological polar surface area (TPSA) is 167 Å². The largest absolute Gasteiger partial charge is 0.487 e. The van der Waals surface area contributed by atoms with Crippen molar-refractivity contribution in [3.05, 3.63) is 40.5 Å². The number of amides is 1. The number of hydrogen-bond acceptors (Lipinski definition) is 8. The number of benzene rings is 1. The van der Waals surface area contributed by atoms with Gasteiger partial charge in [-0.05, 0) is 103 Å². The zero-order chi connectivity index (χ0) is 31.6. The van der Waals surface area contributed by atoms with Gasteiger partial charge in [0.05, 0.1) is 10.9 Å². The summed E-state index contributed by atoms with van der Waals surface area (Å²) in [6, 6.07) is -0.926. The van der Waals surface area contributed by atoms with Crippen LogP contribution in [0.4, 0.5) is 4.79 Å². The van der Waals surface area contributed by atoms with Gasteiger partial charge in [0.2, 0.25) is 11.7 Å². The quantitative estimate of drug-likeness (QED) is 0.169. The molecule has 1 aromatic carbocycles. The Hall–Kier alpha value is -3.61. The van der Waals surface area contributed by atoms with Gasteiger partial charge < -0.3 is 25.1 Å². The highest BCUT2D eigenvalue weighted by molar-refractivity contribution is 7.90. The summed E-state index contributed by atoms with van der Waals surface area (Å²) in [5, 5.41) is 2.62. The molecule has 0 aliphatic carbocycles. The predicted octanol–water partition coefficient (Wildman–Crippen LogP) is 3.60. The third-order valence-corrected chi connectivity index (χ3v) is 8.78. The number of nitrogens with one attached hydrogen (secondary N) is 2. The smallest absolute Gasteiger partial charge is 0.408 e. The summed E-state index contributed by atoms with van der Waals surface area (Å²) in [6.45, 7) is 14.7. The zero-order valence-corrected chi connectivity index (χ0v) is 26.9. The molecule has 12 nitrogen and oxygen atoms in total. The van der Waals surface area contributed by atoms with Crippen molar-refractivity contribution in [3.63, 3.8) is 0 Å². The van der Waals surface area contributed by atoms with Gasteiger partial charge in [0.15, 0.2) is 5.82 Å². The van der Waals surface area contributed by atoms with E-state index >= 15 is 0 Å². The normalized spacial score (nSPS) is 15.8. The van der Waals surface area contributed by atoms with Crippen LogP contribution in [0.3, 0.4) is 0 Å². The fourth-order valence-corrected chi connectivity index (χ4v) is 6.47. The summed E-state index contributed by atoms with van der Waals surface area (Å²) in [5.74, 6) is 0.282. The van der Waals surface area contributed by atoms with Crippen LogP contribution in [0.25, 0.3) is 0 Å². The third kappa shape index (κ3) is 7.81. The van der Waals surface area contributed by atoms with Crippen molar-refractivity contribution in [2.75, 3.05) is 6.54 Å². The van der Waals surface area contributed by atoms with Gasteiger partial charge in [-0.2, -0.15) is 0 Å². The molecule has 13 heteroatoms. The molecule has 1 aromatic heterocycles. The number of rotatable bonds is 9. The number of aryl methyl sites for hydroxylation is 1. The van der Waals surface area contributed by atoms with E-state index < -0.39 is 27.8 Å². The molecule has 0 radical (unpaired) electrons. The molecule has 232 valence electrons. The molecule has 1 amide bonds. The molecule has 3 rings (SSSR count). The van der Waals surface area contributed by atoms with Crippen molar-refractivity contribution in [2.24, 2.45) is 17.8 Å². The van der Waals surface area contributed by atoms with Crippen LogP contribution in [0.1, 0.15) is 86.8 Å². The molecular formula is C29H44N6O6S. The molecule has 42 heavy (non-hydrogen) atoms. The molecule has 1 atom stereocenters. The van der Waals surface area contributed by atoms with E-state index in [2.05, 4.69) is 20.0 Å². The van der Waals surface area contributed by atoms with Gasteiger partial charge in [-0.25, -0.2) is 22.9 Å². The number of nitrogens with zero attached hydrogens (tertiary/aromatic N) is 3. The number of sulfonamides is 1. The van der Waals surface area contributed by atoms with Crippen LogP contribution in [0.15, 0.2) is 22.3 Å². The standard InChI is InChI=1S/C29H44N6O6S/c1-17-18(2)24(19(3)20-12-13-29(7,8)40-23(17)20)42(38,39)34-26(30)32-14-10-11-21(33-27(37)41-28(4,5)6)22(36)25-31-15-16-35(25)9/h15-16,21H,10-14H2,1-9H3,(H,33,37)(H3,30,32,34)/t21-/m0/s1. The molecule has 1 aliphatic heterocycles. The summed E-state index contributed by atoms with van der Waals surface area (Å²) in [5.41, 5.74) is 7.82. The van der Waals surface area contributed by atoms with Gasteiger partial charge in [-0.3, -0.25) is 9.79 Å². The molecule has 1 aliphatic rings. The van der Waals surface area contributed by atoms with Gasteiger partial charge in [-0.1, -0.05) is 0 Å². The SMILES string of the molecule is Cc1c(C)c(S(=O)(=O)NC(N)=NCCC[C@H](NC(=O)OC(C)(C)C)C(=O)c2nccn2C)c(C)c2c1OC(C)(C)CC2. The van der Waals surface area contributed by atoms with E-state index in [1.807, 2.05) is 20.8 Å². The molecule has 2 aromatic rings. The first kappa shape index (κ1) is 32.9. The first-order chi connectivity index (χ1) is 19.3. The number of guanidine groups is 1. The van der Waals surface area contributed by atoms with Crippen molar-refractivity contribution in [3.8, 4) is 5.75 Å². The number of imidazole rings is 1. The average molecular weight is 605 g/mol. The van der Waals surface area contributed by atoms with Crippen LogP contribution in [0.2, 0.25) is 0 Å². The highest BCUT2D eigenvalue weighted by Gasteiger charge is 2.34. The molecule has 4 N–H and O–H groups in total. The van der Waals surface area contributed by atoms with E-state index in [0.717, 1.165) is 23.3 Å². The van der Waals surface area contributed by atoms with Crippen LogP contribution < -0.4 is 20.5 Å². The Morgan fingerprint density at radius 3 is 2.48 bits per heavy atom. The summed E-state index contributed by atoms with van der Waals surface area (Å²) >= 11 is 0. The lowest BCUT2D eigenvalue weighted by atomic mass is 9.88. The van der Waals surface area contributed by atoms with Crippen molar-refractivity contribution in [1.29, 1.82) is 0 Å². The van der Waals surface area contributed by atoms with Crippen molar-refractivity contribution < 1.29 is 27.5 Å². The Bertz CT molecular complexity index is 1490. The molecule has 2 heterocycles. The number of carbonyl (C=O) groups excluding carboxylic acids is 2. The van der Waals surface area contributed by atoms with Gasteiger partial charge in [-0.15, -0.1) is 0 Å². The molecule has 0 fully saturated rings. The molecule has 0 saturated heterocycles. The second-order valence-corrected chi connectivity index (χ2v) is 13.9. The minimum atomic E-state index is -4.04. The van der Waals surface area contributed by atoms with Gasteiger partial charge in [0.1, 0.15) is 17.0 Å². The molecule has 0 spiro atoms. The van der Waals surface area contributed by atoms with E-state index in [0.29, 0.717) is 24.0 Å². The summed E-state index contributed by atoms with van der Waals surface area (Å²) in [4.78, 5) is 34.0. The fraction of sp³-hybridized carbons (Fsp3) is 0.586. The Kier molecular flexibility index (Phi) is 9.65. The number of Topliss-reactive ketones (excluding diaryl/α,β-unsaturated/α-hetero) is 1. The van der Waals surface area contributed by atoms with Crippen molar-refractivity contribution in [1.82, 2.24) is 19.6 Å². The number of fused-ring (bicyclic) bond motifs is 1. The summed E-state index contributed by atoms with van der Waals surface area (Å²) in [7, 11) is -2.36. The Balaban J connectivity index is 1.72. The average Bonchev–Trinajstić information content (AvgIpc) is 3.27. The second kappa shape index (κ2) is 12.3. The van der Waals surface area contributed by atoms with Gasteiger partial charge in [0.25, 0.3) is 10.0 Å². The highest BCUT2D eigenvalue weighted by Crippen LogP contribution is 2.42. The molecule has 0 unspecified atom stereocenters. The Morgan fingerprint density at radius 2 is 1.88 bits per heavy atom. The number of alkyl carbamates (subject to hydrolysis) is 1. The number of carbonyl (C=O) groups is 2. The zero-order valence-electron chi connectivity index (χ0n) is 26.0. The third-order valence-electron chi connectivity index (χ3n) is 7.16. The van der Waals surface area contributed by atoms with E-state index in [4.69, 9.17) is 15.2 Å². The van der Waals surface area contributed by atoms with E-state index in [1.165, 1.54) is 6.20 Å². The summed E-state index contributed by atoms with van der Waals surface area (Å²) in [6.07, 6.45) is 4.40. The van der Waals surface area contributed by atoms with E-state index in [-0.39, 0.29) is 41.0 Å². The first-order valence-electron chi connectivity index (χ1n) is 14.0. The number of aromatic nitrogens is 2. The molecule has 0 saturated carbocycles. The maximum Gasteiger partial charge on any atom is 0.408 e. The van der Waals surface area contributed by atoms with Gasteiger partial charge in [0, 0.05) is 26.0 Å². The first-order valence-corrected chi connectivity index (χ1v) is 15.5. The second-order valence-electron chi connectivity index (χ2n) is 12.3. The number of nitrogens with two attached hydrogens (primary N) is 1. The van der Waals surface area contributed by atoms with Crippen LogP contribution in [-0.4, -0.2) is 59.6 Å². The highest BCUT2D eigenvalue weighted by atomic mass is 32.2. The Labute approximate surface area is 248 Å². The Morgan fingerprint density at radius 1 is 1.21 bits per heavy atom. The lowest BCUT2D eigenvalue weighted by Gasteiger charge is -2.35. The maximum absolute atomic E-state index is 13.5. The molecule has 0 bridgehead atoms. The minimum Gasteiger partial charge on any atom is -0.487 e. The lowest BCUT2D eigenvalue weighted by Crippen LogP contribution is -2.44. The van der Waals surface area contributed by atoms with Gasteiger partial charge >= 0.3 is 6.09 Å². The number of aliphatic imine (C=N–C) groups is 1. The van der Waals surface area contributed by atoms with Crippen LogP contribution >= 0.6 is 0 Å². The fourth-order valence-electron chi connectivity index (χ4n) is 4.94.